The lowest BCUT2D eigenvalue weighted by atomic mass is 9.76. The minimum absolute atomic E-state index is 0.0429. The molecule has 134 valence electrons. The largest absolute Gasteiger partial charge is 0.545 e. The van der Waals surface area contributed by atoms with Crippen LogP contribution in [0.15, 0.2) is 48.6 Å². The number of rotatable bonds is 4. The Kier molecular flexibility index (Phi) is 4.07. The van der Waals surface area contributed by atoms with Gasteiger partial charge in [-0.25, -0.2) is 0 Å². The molecule has 2 aromatic rings. The highest BCUT2D eigenvalue weighted by Crippen LogP contribution is 2.52. The Morgan fingerprint density at radius 1 is 1.15 bits per heavy atom. The molecule has 0 saturated carbocycles. The van der Waals surface area contributed by atoms with E-state index < -0.39 is 5.97 Å². The summed E-state index contributed by atoms with van der Waals surface area (Å²) in [5, 5.41) is 14.8. The number of carboxylic acids is 1. The van der Waals surface area contributed by atoms with Gasteiger partial charge in [-0.2, -0.15) is 0 Å². The molecule has 1 heterocycles. The van der Waals surface area contributed by atoms with Crippen molar-refractivity contribution in [2.24, 2.45) is 5.92 Å². The van der Waals surface area contributed by atoms with E-state index in [-0.39, 0.29) is 23.4 Å². The van der Waals surface area contributed by atoms with Gasteiger partial charge in [0.2, 0.25) is 0 Å². The molecule has 0 aromatic heterocycles. The van der Waals surface area contributed by atoms with E-state index in [2.05, 4.69) is 23.5 Å². The van der Waals surface area contributed by atoms with Crippen LogP contribution in [0.5, 0.6) is 11.5 Å². The molecule has 0 spiro atoms. The highest BCUT2D eigenvalue weighted by molar-refractivity contribution is 5.87. The minimum Gasteiger partial charge on any atom is -0.545 e. The van der Waals surface area contributed by atoms with E-state index in [4.69, 9.17) is 9.47 Å². The SMILES string of the molecule is COc1cccc([C@H]2Nc3ccc(C(=O)[O-])cc3[C@H]3C=CC[C@H]32)c1OC. The van der Waals surface area contributed by atoms with Crippen LogP contribution in [0.2, 0.25) is 0 Å². The highest BCUT2D eigenvalue weighted by atomic mass is 16.5. The standard InChI is InChI=1S/C21H21NO4/c1-25-18-8-4-7-15(20(18)26-2)19-14-6-3-5-13(14)16-11-12(21(23)24)9-10-17(16)22-19/h3-5,7-11,13-14,19,22H,6H2,1-2H3,(H,23,24)/p-1/t13-,14+,19-/m0/s1. The summed E-state index contributed by atoms with van der Waals surface area (Å²) in [6.45, 7) is 0. The van der Waals surface area contributed by atoms with Gasteiger partial charge in [-0.05, 0) is 41.7 Å². The van der Waals surface area contributed by atoms with Crippen LogP contribution in [-0.4, -0.2) is 20.2 Å². The van der Waals surface area contributed by atoms with Gasteiger partial charge in [-0.3, -0.25) is 0 Å². The van der Waals surface area contributed by atoms with Crippen LogP contribution in [-0.2, 0) is 0 Å². The number of hydrogen-bond donors (Lipinski definition) is 1. The first-order chi connectivity index (χ1) is 12.6. The maximum atomic E-state index is 11.2. The van der Waals surface area contributed by atoms with E-state index in [1.165, 1.54) is 0 Å². The van der Waals surface area contributed by atoms with Crippen molar-refractivity contribution < 1.29 is 19.4 Å². The number of anilines is 1. The Labute approximate surface area is 152 Å². The van der Waals surface area contributed by atoms with Crippen LogP contribution in [0.4, 0.5) is 5.69 Å². The van der Waals surface area contributed by atoms with E-state index >= 15 is 0 Å². The van der Waals surface area contributed by atoms with Gasteiger partial charge in [0.15, 0.2) is 11.5 Å². The molecule has 5 nitrogen and oxygen atoms in total. The molecule has 0 unspecified atom stereocenters. The molecule has 3 atom stereocenters. The summed E-state index contributed by atoms with van der Waals surface area (Å²) in [5.74, 6) is 0.718. The number of ether oxygens (including phenoxy) is 2. The summed E-state index contributed by atoms with van der Waals surface area (Å²) in [6, 6.07) is 11.1. The van der Waals surface area contributed by atoms with Crippen molar-refractivity contribution in [1.82, 2.24) is 0 Å². The zero-order valence-electron chi connectivity index (χ0n) is 14.7. The van der Waals surface area contributed by atoms with Crippen LogP contribution < -0.4 is 19.9 Å². The summed E-state index contributed by atoms with van der Waals surface area (Å²) in [4.78, 5) is 11.2. The number of carbonyl (C=O) groups excluding carboxylic acids is 1. The van der Waals surface area contributed by atoms with Crippen molar-refractivity contribution >= 4 is 11.7 Å². The van der Waals surface area contributed by atoms with E-state index in [0.717, 1.165) is 29.0 Å². The van der Waals surface area contributed by atoms with Gasteiger partial charge in [-0.15, -0.1) is 0 Å². The molecule has 1 aliphatic heterocycles. The molecule has 0 fully saturated rings. The number of aromatic carboxylic acids is 1. The second-order valence-electron chi connectivity index (χ2n) is 6.65. The van der Waals surface area contributed by atoms with Crippen LogP contribution in [0.3, 0.4) is 0 Å². The van der Waals surface area contributed by atoms with E-state index in [1.807, 2.05) is 18.2 Å². The Morgan fingerprint density at radius 2 is 2.00 bits per heavy atom. The third kappa shape index (κ3) is 2.51. The number of benzene rings is 2. The predicted octanol–water partition coefficient (Wildman–Crippen LogP) is 2.89. The lowest BCUT2D eigenvalue weighted by Gasteiger charge is -2.38. The number of carboxylic acid groups (broad SMARTS) is 1. The molecule has 4 rings (SSSR count). The number of para-hydroxylation sites is 1. The third-order valence-corrected chi connectivity index (χ3v) is 5.37. The van der Waals surface area contributed by atoms with Gasteiger partial charge >= 0.3 is 0 Å². The summed E-state index contributed by atoms with van der Waals surface area (Å²) in [6.07, 6.45) is 5.25. The van der Waals surface area contributed by atoms with Gasteiger partial charge < -0.3 is 24.7 Å². The Balaban J connectivity index is 1.81. The minimum atomic E-state index is -1.15. The number of carbonyl (C=O) groups is 1. The van der Waals surface area contributed by atoms with Gasteiger partial charge in [-0.1, -0.05) is 30.4 Å². The van der Waals surface area contributed by atoms with Gasteiger partial charge in [0.1, 0.15) is 0 Å². The number of hydrogen-bond acceptors (Lipinski definition) is 5. The highest BCUT2D eigenvalue weighted by Gasteiger charge is 2.39. The van der Waals surface area contributed by atoms with E-state index in [0.29, 0.717) is 5.75 Å². The molecule has 2 aromatic carbocycles. The number of methoxy groups -OCH3 is 2. The maximum absolute atomic E-state index is 11.2. The topological polar surface area (TPSA) is 70.6 Å². The molecule has 0 saturated heterocycles. The Morgan fingerprint density at radius 3 is 2.73 bits per heavy atom. The van der Waals surface area contributed by atoms with Gasteiger partial charge in [0, 0.05) is 17.2 Å². The van der Waals surface area contributed by atoms with Crippen molar-refractivity contribution in [3.05, 3.63) is 65.2 Å². The van der Waals surface area contributed by atoms with Crippen LogP contribution in [0.1, 0.15) is 39.9 Å². The fourth-order valence-electron chi connectivity index (χ4n) is 4.19. The number of fused-ring (bicyclic) bond motifs is 3. The van der Waals surface area contributed by atoms with Crippen LogP contribution in [0, 0.1) is 5.92 Å². The second kappa shape index (κ2) is 6.41. The summed E-state index contributed by atoms with van der Waals surface area (Å²) < 4.78 is 11.1. The lowest BCUT2D eigenvalue weighted by Crippen LogP contribution is -2.30. The molecule has 0 amide bonds. The first-order valence-corrected chi connectivity index (χ1v) is 8.63. The third-order valence-electron chi connectivity index (χ3n) is 5.37. The Bertz CT molecular complexity index is 890. The van der Waals surface area contributed by atoms with E-state index in [9.17, 15) is 9.90 Å². The molecule has 5 heteroatoms. The molecule has 0 radical (unpaired) electrons. The number of allylic oxidation sites excluding steroid dienone is 2. The maximum Gasteiger partial charge on any atom is 0.165 e. The zero-order chi connectivity index (χ0) is 18.3. The molecule has 1 N–H and O–H groups in total. The van der Waals surface area contributed by atoms with E-state index in [1.54, 1.807) is 26.4 Å². The predicted molar refractivity (Wildman–Crippen MR) is 96.7 cm³/mol. The Hall–Kier alpha value is -2.95. The van der Waals surface area contributed by atoms with Gasteiger partial charge in [0.05, 0.1) is 26.2 Å². The molecular weight excluding hydrogens is 330 g/mol. The average Bonchev–Trinajstić information content (AvgIpc) is 3.16. The quantitative estimate of drug-likeness (QED) is 0.859. The van der Waals surface area contributed by atoms with Crippen LogP contribution >= 0.6 is 0 Å². The summed E-state index contributed by atoms with van der Waals surface area (Å²) in [7, 11) is 3.28. The first-order valence-electron chi connectivity index (χ1n) is 8.63. The van der Waals surface area contributed by atoms with Crippen molar-refractivity contribution in [3.63, 3.8) is 0 Å². The average molecular weight is 350 g/mol. The van der Waals surface area contributed by atoms with Crippen molar-refractivity contribution in [1.29, 1.82) is 0 Å². The molecule has 26 heavy (non-hydrogen) atoms. The van der Waals surface area contributed by atoms with Gasteiger partial charge in [0.25, 0.3) is 0 Å². The smallest absolute Gasteiger partial charge is 0.165 e. The van der Waals surface area contributed by atoms with Crippen molar-refractivity contribution in [2.75, 3.05) is 19.5 Å². The molecule has 0 bridgehead atoms. The zero-order valence-corrected chi connectivity index (χ0v) is 14.7. The summed E-state index contributed by atoms with van der Waals surface area (Å²) >= 11 is 0. The van der Waals surface area contributed by atoms with Crippen molar-refractivity contribution in [2.45, 2.75) is 18.4 Å². The molecular formula is C21H20NO4-. The number of nitrogens with one attached hydrogen (secondary N) is 1. The van der Waals surface area contributed by atoms with Crippen molar-refractivity contribution in [3.8, 4) is 11.5 Å². The molecule has 2 aliphatic rings. The normalized spacial score (nSPS) is 22.9. The first kappa shape index (κ1) is 16.5. The monoisotopic (exact) mass is 350 g/mol. The molecule has 1 aliphatic carbocycles. The second-order valence-corrected chi connectivity index (χ2v) is 6.65. The fraction of sp³-hybridized carbons (Fsp3) is 0.286. The summed E-state index contributed by atoms with van der Waals surface area (Å²) in [5.41, 5.74) is 3.20. The van der Waals surface area contributed by atoms with Crippen LogP contribution in [0.25, 0.3) is 0 Å². The lowest BCUT2D eigenvalue weighted by molar-refractivity contribution is -0.255. The fourth-order valence-corrected chi connectivity index (χ4v) is 4.19.